The number of pyridine rings is 1. The Morgan fingerprint density at radius 2 is 2.04 bits per heavy atom. The van der Waals surface area contributed by atoms with E-state index in [4.69, 9.17) is 0 Å². The molecule has 0 bridgehead atoms. The van der Waals surface area contributed by atoms with E-state index in [1.165, 1.54) is 12.1 Å². The van der Waals surface area contributed by atoms with Crippen molar-refractivity contribution in [2.75, 3.05) is 0 Å². The number of para-hydroxylation sites is 1. The standard InChI is InChI=1S/C17H15FN4O3/c1-10(13-7-6-11(18)8-19-13)20-15(23)9-22-16(24)12-4-2-3-5-14(12)21-17(22)25/h2-8,10H,9H2,1H3,(H,20,23)(H,21,25). The Morgan fingerprint density at radius 3 is 2.76 bits per heavy atom. The number of nitrogens with zero attached hydrogens (tertiary/aromatic N) is 2. The summed E-state index contributed by atoms with van der Waals surface area (Å²) in [4.78, 5) is 43.1. The molecule has 7 nitrogen and oxygen atoms in total. The Morgan fingerprint density at radius 1 is 1.28 bits per heavy atom. The summed E-state index contributed by atoms with van der Waals surface area (Å²) in [7, 11) is 0. The van der Waals surface area contributed by atoms with Crippen LogP contribution in [0.25, 0.3) is 10.9 Å². The van der Waals surface area contributed by atoms with Crippen molar-refractivity contribution in [2.45, 2.75) is 19.5 Å². The first-order valence-electron chi connectivity index (χ1n) is 7.58. The van der Waals surface area contributed by atoms with Gasteiger partial charge in [0.2, 0.25) is 5.91 Å². The van der Waals surface area contributed by atoms with Gasteiger partial charge in [-0.05, 0) is 31.2 Å². The molecule has 1 atom stereocenters. The number of fused-ring (bicyclic) bond motifs is 1. The van der Waals surface area contributed by atoms with Gasteiger partial charge in [0.15, 0.2) is 0 Å². The van der Waals surface area contributed by atoms with Gasteiger partial charge in [-0.2, -0.15) is 0 Å². The third-order valence-corrected chi connectivity index (χ3v) is 3.76. The van der Waals surface area contributed by atoms with Crippen LogP contribution in [0.1, 0.15) is 18.7 Å². The Kier molecular flexibility index (Phi) is 4.42. The number of benzene rings is 1. The molecule has 2 aromatic heterocycles. The topological polar surface area (TPSA) is 96.9 Å². The molecule has 0 aliphatic heterocycles. The maximum Gasteiger partial charge on any atom is 0.329 e. The van der Waals surface area contributed by atoms with Crippen molar-refractivity contribution < 1.29 is 9.18 Å². The van der Waals surface area contributed by atoms with Crippen molar-refractivity contribution in [3.8, 4) is 0 Å². The Bertz CT molecular complexity index is 1040. The van der Waals surface area contributed by atoms with E-state index in [1.54, 1.807) is 31.2 Å². The highest BCUT2D eigenvalue weighted by molar-refractivity contribution is 5.79. The summed E-state index contributed by atoms with van der Waals surface area (Å²) in [6, 6.07) is 8.76. The number of halogens is 1. The quantitative estimate of drug-likeness (QED) is 0.742. The second kappa shape index (κ2) is 6.68. The maximum absolute atomic E-state index is 12.9. The third kappa shape index (κ3) is 3.47. The number of H-pyrrole nitrogens is 1. The molecule has 8 heteroatoms. The summed E-state index contributed by atoms with van der Waals surface area (Å²) in [5, 5.41) is 2.95. The molecule has 1 unspecified atom stereocenters. The Labute approximate surface area is 141 Å². The molecular weight excluding hydrogens is 327 g/mol. The van der Waals surface area contributed by atoms with Crippen LogP contribution in [-0.2, 0) is 11.3 Å². The number of aromatic amines is 1. The minimum atomic E-state index is -0.661. The summed E-state index contributed by atoms with van der Waals surface area (Å²) >= 11 is 0. The second-order valence-corrected chi connectivity index (χ2v) is 5.56. The lowest BCUT2D eigenvalue weighted by molar-refractivity contribution is -0.122. The number of hydrogen-bond donors (Lipinski definition) is 2. The highest BCUT2D eigenvalue weighted by Gasteiger charge is 2.14. The van der Waals surface area contributed by atoms with Gasteiger partial charge in [0.25, 0.3) is 5.56 Å². The molecule has 25 heavy (non-hydrogen) atoms. The lowest BCUT2D eigenvalue weighted by atomic mass is 10.2. The number of hydrogen-bond acceptors (Lipinski definition) is 4. The van der Waals surface area contributed by atoms with Gasteiger partial charge in [-0.15, -0.1) is 0 Å². The van der Waals surface area contributed by atoms with Crippen LogP contribution in [0.2, 0.25) is 0 Å². The maximum atomic E-state index is 12.9. The molecular formula is C17H15FN4O3. The largest absolute Gasteiger partial charge is 0.346 e. The fourth-order valence-electron chi connectivity index (χ4n) is 2.49. The number of carbonyl (C=O) groups excluding carboxylic acids is 1. The van der Waals surface area contributed by atoms with Gasteiger partial charge in [0.1, 0.15) is 12.4 Å². The lowest BCUT2D eigenvalue weighted by Crippen LogP contribution is -2.41. The number of rotatable bonds is 4. The highest BCUT2D eigenvalue weighted by Crippen LogP contribution is 2.09. The van der Waals surface area contributed by atoms with Crippen molar-refractivity contribution >= 4 is 16.8 Å². The molecule has 2 heterocycles. The Balaban J connectivity index is 1.81. The van der Waals surface area contributed by atoms with E-state index in [0.717, 1.165) is 10.8 Å². The second-order valence-electron chi connectivity index (χ2n) is 5.56. The van der Waals surface area contributed by atoms with Crippen LogP contribution in [0.3, 0.4) is 0 Å². The first-order chi connectivity index (χ1) is 12.0. The van der Waals surface area contributed by atoms with E-state index in [0.29, 0.717) is 16.6 Å². The summed E-state index contributed by atoms with van der Waals surface area (Å²) in [6.07, 6.45) is 1.05. The molecule has 0 fully saturated rings. The number of amides is 1. The highest BCUT2D eigenvalue weighted by atomic mass is 19.1. The van der Waals surface area contributed by atoms with Crippen molar-refractivity contribution in [3.63, 3.8) is 0 Å². The Hall–Kier alpha value is -3.29. The average molecular weight is 342 g/mol. The average Bonchev–Trinajstić information content (AvgIpc) is 2.59. The summed E-state index contributed by atoms with van der Waals surface area (Å²) in [5.74, 6) is -1.00. The van der Waals surface area contributed by atoms with E-state index in [1.807, 2.05) is 0 Å². The minimum Gasteiger partial charge on any atom is -0.346 e. The monoisotopic (exact) mass is 342 g/mol. The molecule has 3 rings (SSSR count). The van der Waals surface area contributed by atoms with Crippen LogP contribution in [0.5, 0.6) is 0 Å². The third-order valence-electron chi connectivity index (χ3n) is 3.76. The molecule has 0 spiro atoms. The normalized spacial score (nSPS) is 12.1. The SMILES string of the molecule is CC(NC(=O)Cn1c(=O)[nH]c2ccccc2c1=O)c1ccc(F)cn1. The molecule has 3 aromatic rings. The predicted octanol–water partition coefficient (Wildman–Crippen LogP) is 1.10. The lowest BCUT2D eigenvalue weighted by Gasteiger charge is -2.14. The summed E-state index contributed by atoms with van der Waals surface area (Å²) in [6.45, 7) is 1.25. The molecule has 1 aromatic carbocycles. The van der Waals surface area contributed by atoms with Crippen LogP contribution in [-0.4, -0.2) is 20.4 Å². The van der Waals surface area contributed by atoms with Gasteiger partial charge in [-0.3, -0.25) is 19.1 Å². The van der Waals surface area contributed by atoms with Gasteiger partial charge in [-0.1, -0.05) is 12.1 Å². The summed E-state index contributed by atoms with van der Waals surface area (Å²) in [5.41, 5.74) is -0.318. The smallest absolute Gasteiger partial charge is 0.329 e. The van der Waals surface area contributed by atoms with E-state index >= 15 is 0 Å². The van der Waals surface area contributed by atoms with Crippen LogP contribution in [0, 0.1) is 5.82 Å². The first kappa shape index (κ1) is 16.6. The van der Waals surface area contributed by atoms with Crippen LogP contribution in [0.4, 0.5) is 4.39 Å². The van der Waals surface area contributed by atoms with Crippen LogP contribution >= 0.6 is 0 Å². The zero-order valence-corrected chi connectivity index (χ0v) is 13.3. The number of carbonyl (C=O) groups is 1. The molecule has 128 valence electrons. The van der Waals surface area contributed by atoms with Gasteiger partial charge in [0, 0.05) is 0 Å². The van der Waals surface area contributed by atoms with Gasteiger partial charge in [-0.25, -0.2) is 9.18 Å². The molecule has 2 N–H and O–H groups in total. The molecule has 1 amide bonds. The van der Waals surface area contributed by atoms with Gasteiger partial charge < -0.3 is 10.3 Å². The first-order valence-corrected chi connectivity index (χ1v) is 7.58. The number of nitrogens with one attached hydrogen (secondary N) is 2. The van der Waals surface area contributed by atoms with Gasteiger partial charge in [0.05, 0.1) is 28.8 Å². The van der Waals surface area contributed by atoms with Crippen molar-refractivity contribution in [3.05, 3.63) is 74.9 Å². The van der Waals surface area contributed by atoms with Crippen molar-refractivity contribution in [1.82, 2.24) is 19.9 Å². The fraction of sp³-hybridized carbons (Fsp3) is 0.176. The molecule has 0 saturated heterocycles. The zero-order chi connectivity index (χ0) is 18.0. The van der Waals surface area contributed by atoms with Crippen LogP contribution in [0.15, 0.2) is 52.2 Å². The molecule has 0 aliphatic carbocycles. The van der Waals surface area contributed by atoms with E-state index < -0.39 is 35.6 Å². The zero-order valence-electron chi connectivity index (χ0n) is 13.3. The minimum absolute atomic E-state index is 0.322. The molecule has 0 saturated carbocycles. The van der Waals surface area contributed by atoms with Crippen molar-refractivity contribution in [1.29, 1.82) is 0 Å². The van der Waals surface area contributed by atoms with E-state index in [-0.39, 0.29) is 0 Å². The van der Waals surface area contributed by atoms with Gasteiger partial charge >= 0.3 is 5.69 Å². The van der Waals surface area contributed by atoms with Crippen molar-refractivity contribution in [2.24, 2.45) is 0 Å². The van der Waals surface area contributed by atoms with Crippen LogP contribution < -0.4 is 16.6 Å². The predicted molar refractivity (Wildman–Crippen MR) is 89.6 cm³/mol. The molecule has 0 aliphatic rings. The van der Waals surface area contributed by atoms with E-state index in [9.17, 15) is 18.8 Å². The molecule has 0 radical (unpaired) electrons. The number of aromatic nitrogens is 3. The summed E-state index contributed by atoms with van der Waals surface area (Å²) < 4.78 is 13.7. The fourth-order valence-corrected chi connectivity index (χ4v) is 2.49. The van der Waals surface area contributed by atoms with E-state index in [2.05, 4.69) is 15.3 Å².